The molecule has 1 aromatic rings. The van der Waals surface area contributed by atoms with Gasteiger partial charge >= 0.3 is 5.97 Å². The lowest BCUT2D eigenvalue weighted by atomic mass is 9.90. The van der Waals surface area contributed by atoms with Gasteiger partial charge in [-0.3, -0.25) is 4.79 Å². The summed E-state index contributed by atoms with van der Waals surface area (Å²) in [6.07, 6.45) is 0. The number of aryl methyl sites for hydroxylation is 1. The molecule has 0 aliphatic rings. The van der Waals surface area contributed by atoms with Gasteiger partial charge in [-0.1, -0.05) is 26.0 Å². The van der Waals surface area contributed by atoms with Gasteiger partial charge in [0.15, 0.2) is 6.61 Å². The van der Waals surface area contributed by atoms with E-state index in [0.29, 0.717) is 5.69 Å². The highest BCUT2D eigenvalue weighted by molar-refractivity contribution is 5.96. The number of anilines is 1. The molecule has 22 heavy (non-hydrogen) atoms. The van der Waals surface area contributed by atoms with E-state index >= 15 is 0 Å². The molecule has 3 N–H and O–H groups in total. The first kappa shape index (κ1) is 17.5. The van der Waals surface area contributed by atoms with Crippen molar-refractivity contribution in [3.63, 3.8) is 0 Å². The predicted octanol–water partition coefficient (Wildman–Crippen LogP) is 1.79. The second-order valence-electron chi connectivity index (χ2n) is 5.63. The van der Waals surface area contributed by atoms with Crippen LogP contribution < -0.4 is 11.1 Å². The van der Waals surface area contributed by atoms with E-state index in [9.17, 15) is 9.59 Å². The van der Waals surface area contributed by atoms with E-state index in [1.807, 2.05) is 13.8 Å². The lowest BCUT2D eigenvalue weighted by molar-refractivity contribution is -0.125. The summed E-state index contributed by atoms with van der Waals surface area (Å²) in [4.78, 5) is 23.8. The van der Waals surface area contributed by atoms with Gasteiger partial charge in [0.25, 0.3) is 5.91 Å². The second-order valence-corrected chi connectivity index (χ2v) is 5.63. The summed E-state index contributed by atoms with van der Waals surface area (Å²) in [5.41, 5.74) is 6.11. The molecular weight excluding hydrogens is 282 g/mol. The molecule has 0 heterocycles. The number of amides is 1. The smallest absolute Gasteiger partial charge is 0.340 e. The SMILES string of the molecule is Cc1cccc(C(=O)OCC(=O)N[C@](C)(C#N)C(C)C)c1N. The van der Waals surface area contributed by atoms with Crippen LogP contribution in [0.15, 0.2) is 18.2 Å². The van der Waals surface area contributed by atoms with E-state index in [2.05, 4.69) is 11.4 Å². The van der Waals surface area contributed by atoms with Gasteiger partial charge in [0.2, 0.25) is 0 Å². The molecule has 1 atom stereocenters. The second kappa shape index (κ2) is 6.94. The van der Waals surface area contributed by atoms with Crippen LogP contribution in [0.5, 0.6) is 0 Å². The molecule has 0 saturated heterocycles. The fourth-order valence-corrected chi connectivity index (χ4v) is 1.69. The van der Waals surface area contributed by atoms with Gasteiger partial charge in [-0.15, -0.1) is 0 Å². The summed E-state index contributed by atoms with van der Waals surface area (Å²) in [5.74, 6) is -1.28. The van der Waals surface area contributed by atoms with Gasteiger partial charge in [-0.25, -0.2) is 4.79 Å². The Bertz CT molecular complexity index is 620. The number of nitrogen functional groups attached to an aromatic ring is 1. The van der Waals surface area contributed by atoms with Gasteiger partial charge < -0.3 is 15.8 Å². The molecule has 6 heteroatoms. The first-order valence-corrected chi connectivity index (χ1v) is 6.95. The number of para-hydroxylation sites is 1. The lowest BCUT2D eigenvalue weighted by Gasteiger charge is -2.27. The van der Waals surface area contributed by atoms with Crippen molar-refractivity contribution in [1.29, 1.82) is 5.26 Å². The number of carbonyl (C=O) groups excluding carboxylic acids is 2. The van der Waals surface area contributed by atoms with E-state index in [-0.39, 0.29) is 11.5 Å². The molecule has 1 aromatic carbocycles. The van der Waals surface area contributed by atoms with Gasteiger partial charge in [-0.05, 0) is 31.4 Å². The molecule has 1 rings (SSSR count). The zero-order valence-electron chi connectivity index (χ0n) is 13.3. The minimum atomic E-state index is -1.01. The number of hydrogen-bond donors (Lipinski definition) is 2. The number of benzene rings is 1. The van der Waals surface area contributed by atoms with Crippen LogP contribution in [0.4, 0.5) is 5.69 Å². The fourth-order valence-electron chi connectivity index (χ4n) is 1.69. The van der Waals surface area contributed by atoms with Gasteiger partial charge in [0, 0.05) is 5.69 Å². The average molecular weight is 303 g/mol. The fraction of sp³-hybridized carbons (Fsp3) is 0.438. The van der Waals surface area contributed by atoms with E-state index < -0.39 is 24.0 Å². The summed E-state index contributed by atoms with van der Waals surface area (Å²) >= 11 is 0. The number of ether oxygens (including phenoxy) is 1. The molecule has 0 unspecified atom stereocenters. The van der Waals surface area contributed by atoms with E-state index in [4.69, 9.17) is 15.7 Å². The Morgan fingerprint density at radius 2 is 2.09 bits per heavy atom. The van der Waals surface area contributed by atoms with Crippen LogP contribution in [0.3, 0.4) is 0 Å². The number of esters is 1. The van der Waals surface area contributed by atoms with E-state index in [0.717, 1.165) is 5.56 Å². The predicted molar refractivity (Wildman–Crippen MR) is 82.9 cm³/mol. The summed E-state index contributed by atoms with van der Waals surface area (Å²) < 4.78 is 4.96. The number of nitrogens with zero attached hydrogens (tertiary/aromatic N) is 1. The monoisotopic (exact) mass is 303 g/mol. The Balaban J connectivity index is 2.67. The van der Waals surface area contributed by atoms with Crippen molar-refractivity contribution < 1.29 is 14.3 Å². The molecule has 0 aromatic heterocycles. The molecule has 0 bridgehead atoms. The first-order valence-electron chi connectivity index (χ1n) is 6.95. The molecule has 0 aliphatic heterocycles. The molecule has 6 nitrogen and oxygen atoms in total. The molecule has 0 radical (unpaired) electrons. The third-order valence-corrected chi connectivity index (χ3v) is 3.66. The molecular formula is C16H21N3O3. The standard InChI is InChI=1S/C16H21N3O3/c1-10(2)16(4,9-17)19-13(20)8-22-15(21)12-7-5-6-11(3)14(12)18/h5-7,10H,8,18H2,1-4H3,(H,19,20)/t16-/m1/s1. The topological polar surface area (TPSA) is 105 Å². The minimum absolute atomic E-state index is 0.0791. The number of nitriles is 1. The third-order valence-electron chi connectivity index (χ3n) is 3.66. The number of nitrogens with one attached hydrogen (secondary N) is 1. The lowest BCUT2D eigenvalue weighted by Crippen LogP contribution is -2.50. The van der Waals surface area contributed by atoms with Crippen LogP contribution in [0.2, 0.25) is 0 Å². The average Bonchev–Trinajstić information content (AvgIpc) is 2.47. The first-order chi connectivity index (χ1) is 10.2. The summed E-state index contributed by atoms with van der Waals surface area (Å²) in [5, 5.41) is 11.7. The number of carbonyl (C=O) groups is 2. The summed E-state index contributed by atoms with van der Waals surface area (Å²) in [6, 6.07) is 7.06. The Labute approximate surface area is 130 Å². The van der Waals surface area contributed by atoms with Crippen LogP contribution in [0.25, 0.3) is 0 Å². The Morgan fingerprint density at radius 3 is 2.64 bits per heavy atom. The van der Waals surface area contributed by atoms with Crippen molar-refractivity contribution in [3.8, 4) is 6.07 Å². The minimum Gasteiger partial charge on any atom is -0.452 e. The highest BCUT2D eigenvalue weighted by Crippen LogP contribution is 2.18. The van der Waals surface area contributed by atoms with Crippen molar-refractivity contribution in [1.82, 2.24) is 5.32 Å². The van der Waals surface area contributed by atoms with E-state index in [1.54, 1.807) is 26.0 Å². The molecule has 0 aliphatic carbocycles. The zero-order valence-corrected chi connectivity index (χ0v) is 13.3. The van der Waals surface area contributed by atoms with E-state index in [1.165, 1.54) is 6.07 Å². The number of hydrogen-bond acceptors (Lipinski definition) is 5. The molecule has 118 valence electrons. The van der Waals surface area contributed by atoms with Crippen molar-refractivity contribution in [3.05, 3.63) is 29.3 Å². The van der Waals surface area contributed by atoms with Gasteiger partial charge in [-0.2, -0.15) is 5.26 Å². The number of rotatable bonds is 5. The Hall–Kier alpha value is -2.55. The molecule has 0 fully saturated rings. The number of nitrogens with two attached hydrogens (primary N) is 1. The normalized spacial score (nSPS) is 13.1. The third kappa shape index (κ3) is 3.98. The molecule has 1 amide bonds. The maximum Gasteiger partial charge on any atom is 0.340 e. The van der Waals surface area contributed by atoms with Crippen molar-refractivity contribution in [2.24, 2.45) is 5.92 Å². The van der Waals surface area contributed by atoms with Crippen molar-refractivity contribution >= 4 is 17.6 Å². The largest absolute Gasteiger partial charge is 0.452 e. The Morgan fingerprint density at radius 1 is 1.45 bits per heavy atom. The maximum atomic E-state index is 11.9. The highest BCUT2D eigenvalue weighted by Gasteiger charge is 2.30. The van der Waals surface area contributed by atoms with Crippen LogP contribution in [0.1, 0.15) is 36.7 Å². The van der Waals surface area contributed by atoms with Crippen LogP contribution in [-0.4, -0.2) is 24.0 Å². The van der Waals surface area contributed by atoms with Gasteiger partial charge in [0.1, 0.15) is 5.54 Å². The van der Waals surface area contributed by atoms with Crippen molar-refractivity contribution in [2.45, 2.75) is 33.2 Å². The highest BCUT2D eigenvalue weighted by atomic mass is 16.5. The van der Waals surface area contributed by atoms with Crippen LogP contribution in [0, 0.1) is 24.2 Å². The van der Waals surface area contributed by atoms with Crippen LogP contribution >= 0.6 is 0 Å². The summed E-state index contributed by atoms with van der Waals surface area (Å²) in [7, 11) is 0. The Kier molecular flexibility index (Phi) is 5.52. The molecule has 0 saturated carbocycles. The quantitative estimate of drug-likeness (QED) is 0.637. The van der Waals surface area contributed by atoms with Gasteiger partial charge in [0.05, 0.1) is 11.6 Å². The van der Waals surface area contributed by atoms with Crippen molar-refractivity contribution in [2.75, 3.05) is 12.3 Å². The van der Waals surface area contributed by atoms with Crippen LogP contribution in [-0.2, 0) is 9.53 Å². The summed E-state index contributed by atoms with van der Waals surface area (Å²) in [6.45, 7) is 6.58. The molecule has 0 spiro atoms. The maximum absolute atomic E-state index is 11.9. The zero-order chi connectivity index (χ0) is 16.9.